The monoisotopic (exact) mass is 876 g/mol. The lowest BCUT2D eigenvalue weighted by Gasteiger charge is -2.36. The molecule has 0 aromatic heterocycles. The summed E-state index contributed by atoms with van der Waals surface area (Å²) in [7, 11) is 1.71. The van der Waals surface area contributed by atoms with Gasteiger partial charge in [0, 0.05) is 50.9 Å². The number of aldehydes is 1. The average molecular weight is 876 g/mol. The van der Waals surface area contributed by atoms with E-state index in [0.717, 1.165) is 11.8 Å². The van der Waals surface area contributed by atoms with Crippen molar-refractivity contribution < 1.29 is 38.6 Å². The Kier molecular flexibility index (Phi) is 24.9. The van der Waals surface area contributed by atoms with Crippen molar-refractivity contribution in [3.8, 4) is 0 Å². The highest BCUT2D eigenvalue weighted by atomic mass is 16.5. The number of ketones is 1. The van der Waals surface area contributed by atoms with Crippen molar-refractivity contribution >= 4 is 35.8 Å². The predicted molar refractivity (Wildman–Crippen MR) is 249 cm³/mol. The summed E-state index contributed by atoms with van der Waals surface area (Å²) in [5.41, 5.74) is 4.69. The molecule has 1 aromatic rings. The van der Waals surface area contributed by atoms with Gasteiger partial charge in [-0.2, -0.15) is 0 Å². The molecule has 3 amide bonds. The van der Waals surface area contributed by atoms with Gasteiger partial charge in [-0.3, -0.25) is 24.2 Å². The van der Waals surface area contributed by atoms with Crippen LogP contribution in [0.15, 0.2) is 78.4 Å². The molecular weight excluding hydrogens is 799 g/mol. The number of Topliss-reactive ketones (excluding diaryl/α,β-unsaturated/α-hetero) is 1. The molecule has 1 fully saturated rings. The lowest BCUT2D eigenvalue weighted by atomic mass is 9.87. The first-order chi connectivity index (χ1) is 29.9. The van der Waals surface area contributed by atoms with Crippen LogP contribution >= 0.6 is 0 Å². The largest absolute Gasteiger partial charge is 0.456 e. The maximum absolute atomic E-state index is 14.1. The second-order valence-corrected chi connectivity index (χ2v) is 18.1. The number of hydrazine groups is 1. The van der Waals surface area contributed by atoms with Crippen molar-refractivity contribution in [1.29, 1.82) is 0 Å². The van der Waals surface area contributed by atoms with Crippen LogP contribution in [-0.2, 0) is 39.9 Å². The molecule has 1 heterocycles. The number of carbonyl (C=O) groups is 6. The van der Waals surface area contributed by atoms with E-state index in [1.165, 1.54) is 18.0 Å². The van der Waals surface area contributed by atoms with Crippen LogP contribution in [0.1, 0.15) is 106 Å². The zero-order valence-electron chi connectivity index (χ0n) is 39.5. The summed E-state index contributed by atoms with van der Waals surface area (Å²) in [4.78, 5) is 79.5. The number of aliphatic hydroxyl groups excluding tert-OH is 1. The molecule has 1 aliphatic heterocycles. The molecule has 0 aliphatic carbocycles. The summed E-state index contributed by atoms with van der Waals surface area (Å²) >= 11 is 0. The molecule has 1 saturated heterocycles. The van der Waals surface area contributed by atoms with Gasteiger partial charge in [-0.15, -0.1) is 0 Å². The van der Waals surface area contributed by atoms with E-state index in [-0.39, 0.29) is 48.2 Å². The SMILES string of the molecule is CNC(C(=O)NC(Cc1ccccc1)C(=O)N1CCCC(C(=O)O[C@@H](C/C=C/C=C/CC(C)C(O)C(C=O)CCC(C)=O)/C(C)=C/C=C/C(=O)N(CC(C)C)CC(C)C)N1)C(C)C. The van der Waals surface area contributed by atoms with Crippen LogP contribution in [0.3, 0.4) is 0 Å². The first kappa shape index (κ1) is 54.4. The van der Waals surface area contributed by atoms with Crippen molar-refractivity contribution in [3.05, 3.63) is 84.0 Å². The molecule has 6 unspecified atom stereocenters. The van der Waals surface area contributed by atoms with Gasteiger partial charge in [0.25, 0.3) is 5.91 Å². The molecule has 1 aromatic carbocycles. The van der Waals surface area contributed by atoms with E-state index in [4.69, 9.17) is 4.74 Å². The highest BCUT2D eigenvalue weighted by Gasteiger charge is 2.35. The summed E-state index contributed by atoms with van der Waals surface area (Å²) in [5.74, 6) is -1.52. The number of nitrogens with one attached hydrogen (secondary N) is 3. The van der Waals surface area contributed by atoms with Gasteiger partial charge in [0.2, 0.25) is 11.8 Å². The third kappa shape index (κ3) is 20.1. The van der Waals surface area contributed by atoms with Crippen LogP contribution in [0, 0.1) is 29.6 Å². The molecule has 0 bridgehead atoms. The number of allylic oxidation sites excluding steroid dienone is 5. The maximum Gasteiger partial charge on any atom is 0.325 e. The third-order valence-corrected chi connectivity index (χ3v) is 11.0. The highest BCUT2D eigenvalue weighted by Crippen LogP contribution is 2.21. The number of nitrogens with zero attached hydrogens (tertiary/aromatic N) is 2. The van der Waals surface area contributed by atoms with Gasteiger partial charge in [0.1, 0.15) is 30.3 Å². The highest BCUT2D eigenvalue weighted by molar-refractivity contribution is 5.90. The molecule has 350 valence electrons. The van der Waals surface area contributed by atoms with Gasteiger partial charge in [0.15, 0.2) is 0 Å². The molecular formula is C50H77N5O8. The fourth-order valence-electron chi connectivity index (χ4n) is 7.47. The molecule has 0 radical (unpaired) electrons. The summed E-state index contributed by atoms with van der Waals surface area (Å²) in [6.07, 6.45) is 14.2. The van der Waals surface area contributed by atoms with Crippen LogP contribution in [0.5, 0.6) is 0 Å². The Morgan fingerprint density at radius 3 is 2.14 bits per heavy atom. The van der Waals surface area contributed by atoms with E-state index < -0.39 is 42.2 Å². The molecule has 7 atom stereocenters. The number of hydrogen-bond donors (Lipinski definition) is 4. The van der Waals surface area contributed by atoms with Gasteiger partial charge < -0.3 is 35.0 Å². The lowest BCUT2D eigenvalue weighted by Crippen LogP contribution is -2.61. The van der Waals surface area contributed by atoms with Crippen LogP contribution in [0.2, 0.25) is 0 Å². The summed E-state index contributed by atoms with van der Waals surface area (Å²) < 4.78 is 6.16. The van der Waals surface area contributed by atoms with Crippen LogP contribution < -0.4 is 16.1 Å². The van der Waals surface area contributed by atoms with Gasteiger partial charge in [-0.1, -0.05) is 115 Å². The number of amides is 3. The van der Waals surface area contributed by atoms with Gasteiger partial charge >= 0.3 is 5.97 Å². The van der Waals surface area contributed by atoms with Crippen molar-refractivity contribution in [2.75, 3.05) is 26.7 Å². The first-order valence-electron chi connectivity index (χ1n) is 22.8. The molecule has 13 nitrogen and oxygen atoms in total. The van der Waals surface area contributed by atoms with Crippen molar-refractivity contribution in [2.45, 2.75) is 138 Å². The first-order valence-corrected chi connectivity index (χ1v) is 22.8. The smallest absolute Gasteiger partial charge is 0.325 e. The molecule has 1 aliphatic rings. The summed E-state index contributed by atoms with van der Waals surface area (Å²) in [6, 6.07) is 7.25. The number of benzene rings is 1. The van der Waals surface area contributed by atoms with E-state index >= 15 is 0 Å². The molecule has 4 N–H and O–H groups in total. The molecule has 13 heteroatoms. The number of aliphatic hydroxyl groups is 1. The lowest BCUT2D eigenvalue weighted by molar-refractivity contribution is -0.156. The zero-order chi connectivity index (χ0) is 47.1. The van der Waals surface area contributed by atoms with Crippen molar-refractivity contribution in [1.82, 2.24) is 26.0 Å². The molecule has 0 spiro atoms. The Labute approximate surface area is 377 Å². The third-order valence-electron chi connectivity index (χ3n) is 11.0. The van der Waals surface area contributed by atoms with Gasteiger partial charge in [0.05, 0.1) is 12.1 Å². The Morgan fingerprint density at radius 2 is 1.57 bits per heavy atom. The number of hydrogen-bond acceptors (Lipinski definition) is 10. The van der Waals surface area contributed by atoms with E-state index in [2.05, 4.69) is 43.8 Å². The Balaban J connectivity index is 2.30. The van der Waals surface area contributed by atoms with E-state index in [0.29, 0.717) is 69.1 Å². The molecule has 2 rings (SSSR count). The van der Waals surface area contributed by atoms with E-state index in [1.807, 2.05) is 87.2 Å². The van der Waals surface area contributed by atoms with Crippen LogP contribution in [0.25, 0.3) is 0 Å². The topological polar surface area (TPSA) is 174 Å². The predicted octanol–water partition coefficient (Wildman–Crippen LogP) is 6.08. The van der Waals surface area contributed by atoms with Gasteiger partial charge in [-0.25, -0.2) is 5.43 Å². The quantitative estimate of drug-likeness (QED) is 0.0351. The number of carbonyl (C=O) groups excluding carboxylic acids is 6. The number of likely N-dealkylation sites (N-methyl/N-ethyl adjacent to an activating group) is 1. The second kappa shape index (κ2) is 28.9. The summed E-state index contributed by atoms with van der Waals surface area (Å²) in [6.45, 7) is 18.9. The maximum atomic E-state index is 14.1. The van der Waals surface area contributed by atoms with E-state index in [1.54, 1.807) is 19.2 Å². The average Bonchev–Trinajstić information content (AvgIpc) is 3.23. The fraction of sp³-hybridized carbons (Fsp3) is 0.600. The Hall–Kier alpha value is -4.72. The van der Waals surface area contributed by atoms with Gasteiger partial charge in [-0.05, 0) is 81.4 Å². The number of rotatable bonds is 27. The second-order valence-electron chi connectivity index (χ2n) is 18.1. The van der Waals surface area contributed by atoms with Crippen LogP contribution in [-0.4, -0.2) is 108 Å². The normalized spacial score (nSPS) is 17.8. The van der Waals surface area contributed by atoms with Crippen molar-refractivity contribution in [2.24, 2.45) is 29.6 Å². The molecule has 63 heavy (non-hydrogen) atoms. The molecule has 0 saturated carbocycles. The zero-order valence-corrected chi connectivity index (χ0v) is 39.5. The Bertz CT molecular complexity index is 1710. The van der Waals surface area contributed by atoms with Crippen LogP contribution in [0.4, 0.5) is 0 Å². The minimum absolute atomic E-state index is 0.0124. The number of ether oxygens (including phenoxy) is 1. The minimum Gasteiger partial charge on any atom is -0.456 e. The fourth-order valence-corrected chi connectivity index (χ4v) is 7.47. The minimum atomic E-state index is -0.885. The standard InChI is InChI=1S/C50H77N5O8/c1-34(2)31-54(32-35(3)4)45(58)26-18-21-37(7)44(25-17-12-11-14-20-38(8)47(59)41(33-56)28-27-39(9)57)63-50(62)42-24-19-29-55(53-42)49(61)43(30-40-22-15-13-16-23-40)52-48(60)46(51-10)36(5)6/h11-18,21-23,26,33-36,38,41-44,46-47,51,53,59H,19-20,24-25,27-32H2,1-10H3,(H,52,60)/b14-11+,17-12+,26-18+,37-21+/t38?,41?,42?,43?,44-,46?,47?/m0/s1. The van der Waals surface area contributed by atoms with Crippen molar-refractivity contribution in [3.63, 3.8) is 0 Å². The number of esters is 1. The summed E-state index contributed by atoms with van der Waals surface area (Å²) in [5, 5.41) is 18.1. The Morgan fingerprint density at radius 1 is 0.937 bits per heavy atom. The van der Waals surface area contributed by atoms with E-state index in [9.17, 15) is 33.9 Å².